The summed E-state index contributed by atoms with van der Waals surface area (Å²) in [4.78, 5) is 10.6. The van der Waals surface area contributed by atoms with E-state index in [9.17, 15) is 18.3 Å². The average Bonchev–Trinajstić information content (AvgIpc) is 2.36. The third-order valence-electron chi connectivity index (χ3n) is 2.70. The summed E-state index contributed by atoms with van der Waals surface area (Å²) in [6.45, 7) is 1.91. The molecule has 0 saturated carbocycles. The second-order valence-electron chi connectivity index (χ2n) is 4.49. The van der Waals surface area contributed by atoms with Crippen molar-refractivity contribution in [3.63, 3.8) is 0 Å². The molecule has 3 N–H and O–H groups in total. The van der Waals surface area contributed by atoms with Crippen molar-refractivity contribution in [1.29, 1.82) is 5.26 Å². The lowest BCUT2D eigenvalue weighted by Crippen LogP contribution is -2.46. The van der Waals surface area contributed by atoms with Gasteiger partial charge in [-0.1, -0.05) is 0 Å². The number of aryl methyl sites for hydroxylation is 1. The third kappa shape index (κ3) is 3.54. The number of benzene rings is 1. The largest absolute Gasteiger partial charge is 0.479 e. The van der Waals surface area contributed by atoms with E-state index in [0.717, 1.165) is 6.92 Å². The Hall–Kier alpha value is -1.95. The predicted molar refractivity (Wildman–Crippen MR) is 69.3 cm³/mol. The van der Waals surface area contributed by atoms with Crippen LogP contribution in [-0.2, 0) is 14.8 Å². The minimum Gasteiger partial charge on any atom is -0.479 e. The number of nitriles is 1. The standard InChI is InChI=1S/C12H14N2O5S/c1-8-5-10(4-3-9(8)6-13)20(18,19)14-7-12(2,17)11(15)16/h3-5,14,17H,7H2,1-2H3,(H,15,16). The first-order valence-corrected chi connectivity index (χ1v) is 7.04. The second-order valence-corrected chi connectivity index (χ2v) is 6.26. The van der Waals surface area contributed by atoms with Crippen LogP contribution in [-0.4, -0.2) is 36.7 Å². The van der Waals surface area contributed by atoms with E-state index >= 15 is 0 Å². The molecule has 7 nitrogen and oxygen atoms in total. The maximum atomic E-state index is 12.0. The molecule has 8 heteroatoms. The molecule has 0 bridgehead atoms. The Labute approximate surface area is 116 Å². The van der Waals surface area contributed by atoms with E-state index in [-0.39, 0.29) is 4.90 Å². The summed E-state index contributed by atoms with van der Waals surface area (Å²) < 4.78 is 25.9. The van der Waals surface area contributed by atoms with Crippen molar-refractivity contribution < 1.29 is 23.4 Å². The Morgan fingerprint density at radius 1 is 1.50 bits per heavy atom. The molecule has 108 valence electrons. The van der Waals surface area contributed by atoms with Gasteiger partial charge in [0.15, 0.2) is 5.60 Å². The van der Waals surface area contributed by atoms with Crippen LogP contribution in [0.1, 0.15) is 18.1 Å². The highest BCUT2D eigenvalue weighted by Gasteiger charge is 2.31. The Bertz CT molecular complexity index is 674. The van der Waals surface area contributed by atoms with Crippen LogP contribution in [0.25, 0.3) is 0 Å². The minimum absolute atomic E-state index is 0.102. The number of rotatable bonds is 5. The highest BCUT2D eigenvalue weighted by atomic mass is 32.2. The van der Waals surface area contributed by atoms with Crippen LogP contribution < -0.4 is 4.72 Å². The average molecular weight is 298 g/mol. The molecule has 0 aromatic heterocycles. The molecule has 1 aromatic carbocycles. The van der Waals surface area contributed by atoms with Gasteiger partial charge in [0.1, 0.15) is 0 Å². The van der Waals surface area contributed by atoms with Crippen LogP contribution in [0, 0.1) is 18.3 Å². The maximum Gasteiger partial charge on any atom is 0.336 e. The third-order valence-corrected chi connectivity index (χ3v) is 4.09. The van der Waals surface area contributed by atoms with Crippen LogP contribution >= 0.6 is 0 Å². The molecular formula is C12H14N2O5S. The number of carbonyl (C=O) groups is 1. The van der Waals surface area contributed by atoms with Crippen molar-refractivity contribution in [2.45, 2.75) is 24.3 Å². The zero-order valence-electron chi connectivity index (χ0n) is 10.9. The molecule has 0 fully saturated rings. The van der Waals surface area contributed by atoms with Gasteiger partial charge >= 0.3 is 5.97 Å². The molecule has 0 radical (unpaired) electrons. The SMILES string of the molecule is Cc1cc(S(=O)(=O)NCC(C)(O)C(=O)O)ccc1C#N. The molecule has 0 heterocycles. The Balaban J connectivity index is 2.99. The van der Waals surface area contributed by atoms with Crippen molar-refractivity contribution in [3.8, 4) is 6.07 Å². The van der Waals surface area contributed by atoms with E-state index < -0.39 is 28.1 Å². The zero-order valence-corrected chi connectivity index (χ0v) is 11.7. The quantitative estimate of drug-likeness (QED) is 0.701. The second kappa shape index (κ2) is 5.58. The Morgan fingerprint density at radius 3 is 2.55 bits per heavy atom. The van der Waals surface area contributed by atoms with Gasteiger partial charge in [0.25, 0.3) is 0 Å². The predicted octanol–water partition coefficient (Wildman–Crippen LogP) is -0.0194. The number of aliphatic carboxylic acids is 1. The lowest BCUT2D eigenvalue weighted by Gasteiger charge is -2.18. The summed E-state index contributed by atoms with van der Waals surface area (Å²) in [5.41, 5.74) is -1.36. The fraction of sp³-hybridized carbons (Fsp3) is 0.333. The highest BCUT2D eigenvalue weighted by molar-refractivity contribution is 7.89. The smallest absolute Gasteiger partial charge is 0.336 e. The van der Waals surface area contributed by atoms with Crippen molar-refractivity contribution in [1.82, 2.24) is 4.72 Å². The molecule has 0 amide bonds. The lowest BCUT2D eigenvalue weighted by molar-refractivity contribution is -0.155. The zero-order chi connectivity index (χ0) is 15.6. The minimum atomic E-state index is -3.96. The number of sulfonamides is 1. The van der Waals surface area contributed by atoms with E-state index in [0.29, 0.717) is 11.1 Å². The summed E-state index contributed by atoms with van der Waals surface area (Å²) in [6.07, 6.45) is 0. The van der Waals surface area contributed by atoms with Crippen LogP contribution in [0.2, 0.25) is 0 Å². The normalized spacial score (nSPS) is 14.3. The van der Waals surface area contributed by atoms with Gasteiger partial charge in [-0.05, 0) is 37.6 Å². The topological polar surface area (TPSA) is 127 Å². The molecule has 1 aromatic rings. The molecule has 0 aliphatic rings. The number of carboxylic acids is 1. The summed E-state index contributed by atoms with van der Waals surface area (Å²) >= 11 is 0. The summed E-state index contributed by atoms with van der Waals surface area (Å²) in [5, 5.41) is 26.9. The fourth-order valence-electron chi connectivity index (χ4n) is 1.32. The molecule has 0 aliphatic heterocycles. The molecular weight excluding hydrogens is 284 g/mol. The Morgan fingerprint density at radius 2 is 2.10 bits per heavy atom. The number of nitrogens with zero attached hydrogens (tertiary/aromatic N) is 1. The van der Waals surface area contributed by atoms with E-state index in [1.54, 1.807) is 6.92 Å². The van der Waals surface area contributed by atoms with Crippen molar-refractivity contribution in [2.75, 3.05) is 6.54 Å². The van der Waals surface area contributed by atoms with Crippen molar-refractivity contribution in [3.05, 3.63) is 29.3 Å². The Kier molecular flexibility index (Phi) is 4.50. The number of hydrogen-bond acceptors (Lipinski definition) is 5. The lowest BCUT2D eigenvalue weighted by atomic mass is 10.1. The first-order valence-electron chi connectivity index (χ1n) is 5.56. The van der Waals surface area contributed by atoms with Gasteiger partial charge in [0, 0.05) is 0 Å². The number of hydrogen-bond donors (Lipinski definition) is 3. The summed E-state index contributed by atoms with van der Waals surface area (Å²) in [7, 11) is -3.96. The number of nitrogens with one attached hydrogen (secondary N) is 1. The van der Waals surface area contributed by atoms with Gasteiger partial charge in [0.05, 0.1) is 23.1 Å². The number of aliphatic hydroxyl groups is 1. The maximum absolute atomic E-state index is 12.0. The van der Waals surface area contributed by atoms with Crippen molar-refractivity contribution in [2.24, 2.45) is 0 Å². The van der Waals surface area contributed by atoms with E-state index in [4.69, 9.17) is 10.4 Å². The molecule has 1 atom stereocenters. The van der Waals surface area contributed by atoms with Gasteiger partial charge < -0.3 is 10.2 Å². The van der Waals surface area contributed by atoms with Crippen LogP contribution in [0.5, 0.6) is 0 Å². The van der Waals surface area contributed by atoms with E-state index in [1.165, 1.54) is 18.2 Å². The summed E-state index contributed by atoms with van der Waals surface area (Å²) in [6, 6.07) is 5.81. The van der Waals surface area contributed by atoms with Gasteiger partial charge in [0.2, 0.25) is 10.0 Å². The number of carboxylic acid groups (broad SMARTS) is 1. The van der Waals surface area contributed by atoms with Gasteiger partial charge in [-0.25, -0.2) is 17.9 Å². The van der Waals surface area contributed by atoms with E-state index in [1.807, 2.05) is 10.8 Å². The van der Waals surface area contributed by atoms with Gasteiger partial charge in [-0.15, -0.1) is 0 Å². The van der Waals surface area contributed by atoms with Gasteiger partial charge in [-0.2, -0.15) is 5.26 Å². The van der Waals surface area contributed by atoms with Crippen LogP contribution in [0.15, 0.2) is 23.1 Å². The molecule has 0 saturated heterocycles. The molecule has 1 rings (SSSR count). The van der Waals surface area contributed by atoms with Crippen LogP contribution in [0.3, 0.4) is 0 Å². The molecule has 0 spiro atoms. The van der Waals surface area contributed by atoms with Gasteiger partial charge in [-0.3, -0.25) is 0 Å². The fourth-order valence-corrected chi connectivity index (χ4v) is 2.54. The molecule has 0 aliphatic carbocycles. The van der Waals surface area contributed by atoms with Crippen LogP contribution in [0.4, 0.5) is 0 Å². The first kappa shape index (κ1) is 16.1. The molecule has 20 heavy (non-hydrogen) atoms. The van der Waals surface area contributed by atoms with Crippen molar-refractivity contribution >= 4 is 16.0 Å². The first-order chi connectivity index (χ1) is 9.10. The highest BCUT2D eigenvalue weighted by Crippen LogP contribution is 2.15. The summed E-state index contributed by atoms with van der Waals surface area (Å²) in [5.74, 6) is -1.53. The monoisotopic (exact) mass is 298 g/mol. The van der Waals surface area contributed by atoms with E-state index in [2.05, 4.69) is 0 Å². The molecule has 1 unspecified atom stereocenters.